The van der Waals surface area contributed by atoms with Crippen molar-refractivity contribution in [2.45, 2.75) is 6.92 Å². The van der Waals surface area contributed by atoms with Gasteiger partial charge in [-0.05, 0) is 18.2 Å². The van der Waals surface area contributed by atoms with E-state index in [0.29, 0.717) is 18.8 Å². The van der Waals surface area contributed by atoms with Crippen LogP contribution in [-0.2, 0) is 4.79 Å². The Morgan fingerprint density at radius 2 is 2.19 bits per heavy atom. The molecule has 0 saturated carbocycles. The minimum absolute atomic E-state index is 0.0591. The first kappa shape index (κ1) is 14.8. The van der Waals surface area contributed by atoms with Gasteiger partial charge in [0.2, 0.25) is 0 Å². The van der Waals surface area contributed by atoms with Crippen LogP contribution in [0.1, 0.15) is 12.5 Å². The third kappa shape index (κ3) is 3.11. The van der Waals surface area contributed by atoms with Crippen LogP contribution in [0.15, 0.2) is 18.2 Å². The van der Waals surface area contributed by atoms with Gasteiger partial charge in [-0.2, -0.15) is 5.26 Å². The quantitative estimate of drug-likeness (QED) is 0.889. The van der Waals surface area contributed by atoms with Gasteiger partial charge in [0.15, 0.2) is 0 Å². The summed E-state index contributed by atoms with van der Waals surface area (Å²) in [5.74, 6) is -2.08. The van der Waals surface area contributed by atoms with E-state index in [9.17, 15) is 14.0 Å². The average Bonchev–Trinajstić information content (AvgIpc) is 2.39. The summed E-state index contributed by atoms with van der Waals surface area (Å²) in [4.78, 5) is 24.2. The number of benzene rings is 1. The second kappa shape index (κ2) is 5.79. The molecule has 2 N–H and O–H groups in total. The number of hydrogen-bond donors (Lipinski definition) is 2. The van der Waals surface area contributed by atoms with Crippen LogP contribution in [0.4, 0.5) is 14.9 Å². The van der Waals surface area contributed by atoms with Crippen molar-refractivity contribution < 1.29 is 19.1 Å². The lowest BCUT2D eigenvalue weighted by molar-refractivity contribution is -0.144. The van der Waals surface area contributed by atoms with Crippen LogP contribution >= 0.6 is 0 Å². The number of carbonyl (C=O) groups is 2. The first-order valence-corrected chi connectivity index (χ1v) is 6.40. The highest BCUT2D eigenvalue weighted by atomic mass is 19.1. The van der Waals surface area contributed by atoms with E-state index in [4.69, 9.17) is 10.4 Å². The van der Waals surface area contributed by atoms with Gasteiger partial charge in [0, 0.05) is 24.7 Å². The van der Waals surface area contributed by atoms with Crippen LogP contribution in [0.5, 0.6) is 0 Å². The van der Waals surface area contributed by atoms with Crippen LogP contribution in [0, 0.1) is 29.0 Å². The Bertz CT molecular complexity index is 620. The Labute approximate surface area is 120 Å². The molecule has 7 heteroatoms. The number of nitrogens with one attached hydrogen (secondary N) is 1. The minimum atomic E-state index is -0.878. The van der Waals surface area contributed by atoms with E-state index >= 15 is 0 Å². The molecular formula is C14H14FN3O3. The van der Waals surface area contributed by atoms with Crippen molar-refractivity contribution in [1.29, 1.82) is 5.26 Å². The van der Waals surface area contributed by atoms with Crippen molar-refractivity contribution in [3.63, 3.8) is 0 Å². The SMILES string of the molecule is CC(C(=O)O)C1CN(C(=O)Nc2ccc(F)c(C#N)c2)C1. The predicted molar refractivity (Wildman–Crippen MR) is 72.0 cm³/mol. The molecule has 1 atom stereocenters. The summed E-state index contributed by atoms with van der Waals surface area (Å²) < 4.78 is 13.2. The molecule has 0 radical (unpaired) electrons. The lowest BCUT2D eigenvalue weighted by Crippen LogP contribution is -2.54. The number of aliphatic carboxylic acids is 1. The van der Waals surface area contributed by atoms with Gasteiger partial charge >= 0.3 is 12.0 Å². The number of rotatable bonds is 3. The molecule has 1 unspecified atom stereocenters. The lowest BCUT2D eigenvalue weighted by Gasteiger charge is -2.41. The van der Waals surface area contributed by atoms with Gasteiger partial charge in [-0.3, -0.25) is 4.79 Å². The third-order valence-electron chi connectivity index (χ3n) is 3.63. The Morgan fingerprint density at radius 1 is 1.52 bits per heavy atom. The van der Waals surface area contributed by atoms with E-state index in [1.807, 2.05) is 0 Å². The number of halogens is 1. The molecule has 6 nitrogen and oxygen atoms in total. The molecule has 1 heterocycles. The molecule has 1 aromatic rings. The van der Waals surface area contributed by atoms with E-state index in [1.165, 1.54) is 17.0 Å². The van der Waals surface area contributed by atoms with E-state index < -0.39 is 17.7 Å². The molecule has 0 aliphatic carbocycles. The van der Waals surface area contributed by atoms with E-state index in [2.05, 4.69) is 5.32 Å². The minimum Gasteiger partial charge on any atom is -0.481 e. The number of nitriles is 1. The highest BCUT2D eigenvalue weighted by Crippen LogP contribution is 2.25. The molecule has 0 aromatic heterocycles. The Balaban J connectivity index is 1.92. The first-order chi connectivity index (χ1) is 9.92. The molecule has 110 valence electrons. The lowest BCUT2D eigenvalue weighted by atomic mass is 9.87. The number of hydrogen-bond acceptors (Lipinski definition) is 3. The smallest absolute Gasteiger partial charge is 0.321 e. The number of carboxylic acids is 1. The van der Waals surface area contributed by atoms with Crippen LogP contribution < -0.4 is 5.32 Å². The maximum Gasteiger partial charge on any atom is 0.321 e. The number of urea groups is 1. The monoisotopic (exact) mass is 291 g/mol. The molecule has 1 aliphatic heterocycles. The third-order valence-corrected chi connectivity index (χ3v) is 3.63. The van der Waals surface area contributed by atoms with Crippen molar-refractivity contribution >= 4 is 17.7 Å². The fourth-order valence-electron chi connectivity index (χ4n) is 2.09. The van der Waals surface area contributed by atoms with E-state index in [0.717, 1.165) is 6.07 Å². The Morgan fingerprint density at radius 3 is 2.76 bits per heavy atom. The van der Waals surface area contributed by atoms with Gasteiger partial charge < -0.3 is 15.3 Å². The average molecular weight is 291 g/mol. The Hall–Kier alpha value is -2.62. The van der Waals surface area contributed by atoms with Gasteiger partial charge in [0.1, 0.15) is 11.9 Å². The van der Waals surface area contributed by atoms with Gasteiger partial charge in [-0.1, -0.05) is 6.92 Å². The highest BCUT2D eigenvalue weighted by Gasteiger charge is 2.37. The summed E-state index contributed by atoms with van der Waals surface area (Å²) in [6.45, 7) is 2.35. The topological polar surface area (TPSA) is 93.4 Å². The highest BCUT2D eigenvalue weighted by molar-refractivity contribution is 5.90. The fourth-order valence-corrected chi connectivity index (χ4v) is 2.09. The number of carbonyl (C=O) groups excluding carboxylic acids is 1. The predicted octanol–water partition coefficient (Wildman–Crippen LogP) is 1.88. The molecule has 1 aliphatic rings. The molecule has 1 saturated heterocycles. The molecule has 2 rings (SSSR count). The largest absolute Gasteiger partial charge is 0.481 e. The summed E-state index contributed by atoms with van der Waals surface area (Å²) in [7, 11) is 0. The second-order valence-corrected chi connectivity index (χ2v) is 5.03. The fraction of sp³-hybridized carbons (Fsp3) is 0.357. The summed E-state index contributed by atoms with van der Waals surface area (Å²) in [5.41, 5.74) is 0.182. The van der Waals surface area contributed by atoms with Gasteiger partial charge in [-0.15, -0.1) is 0 Å². The first-order valence-electron chi connectivity index (χ1n) is 6.40. The number of amides is 2. The van der Waals surface area contributed by atoms with Crippen molar-refractivity contribution in [2.75, 3.05) is 18.4 Å². The van der Waals surface area contributed by atoms with Crippen molar-refractivity contribution in [1.82, 2.24) is 4.90 Å². The number of carboxylic acid groups (broad SMARTS) is 1. The van der Waals surface area contributed by atoms with Crippen molar-refractivity contribution in [2.24, 2.45) is 11.8 Å². The number of likely N-dealkylation sites (tertiary alicyclic amines) is 1. The van der Waals surface area contributed by atoms with Gasteiger partial charge in [0.05, 0.1) is 11.5 Å². The molecule has 0 spiro atoms. The summed E-state index contributed by atoms with van der Waals surface area (Å²) in [6, 6.07) is 5.04. The molecular weight excluding hydrogens is 277 g/mol. The maximum absolute atomic E-state index is 13.2. The summed E-state index contributed by atoms with van der Waals surface area (Å²) in [5, 5.41) is 20.2. The standard InChI is InChI=1S/C14H14FN3O3/c1-8(13(19)20)10-6-18(7-10)14(21)17-11-2-3-12(15)9(4-11)5-16/h2-4,8,10H,6-7H2,1H3,(H,17,21)(H,19,20). The second-order valence-electron chi connectivity index (χ2n) is 5.03. The van der Waals surface area contributed by atoms with Crippen LogP contribution in [0.2, 0.25) is 0 Å². The van der Waals surface area contributed by atoms with Crippen LogP contribution in [0.25, 0.3) is 0 Å². The van der Waals surface area contributed by atoms with E-state index in [-0.39, 0.29) is 17.5 Å². The molecule has 21 heavy (non-hydrogen) atoms. The van der Waals surface area contributed by atoms with Crippen LogP contribution in [0.3, 0.4) is 0 Å². The zero-order valence-corrected chi connectivity index (χ0v) is 11.3. The number of anilines is 1. The van der Waals surface area contributed by atoms with Gasteiger partial charge in [-0.25, -0.2) is 9.18 Å². The van der Waals surface area contributed by atoms with Gasteiger partial charge in [0.25, 0.3) is 0 Å². The Kier molecular flexibility index (Phi) is 4.08. The van der Waals surface area contributed by atoms with Crippen LogP contribution in [-0.4, -0.2) is 35.1 Å². The van der Waals surface area contributed by atoms with Crippen molar-refractivity contribution in [3.8, 4) is 6.07 Å². The van der Waals surface area contributed by atoms with Crippen molar-refractivity contribution in [3.05, 3.63) is 29.6 Å². The summed E-state index contributed by atoms with van der Waals surface area (Å²) >= 11 is 0. The maximum atomic E-state index is 13.2. The van der Waals surface area contributed by atoms with E-state index in [1.54, 1.807) is 13.0 Å². The zero-order valence-electron chi connectivity index (χ0n) is 11.3. The molecule has 1 aromatic carbocycles. The number of nitrogens with zero attached hydrogens (tertiary/aromatic N) is 2. The molecule has 2 amide bonds. The molecule has 0 bridgehead atoms. The molecule has 1 fully saturated rings. The zero-order chi connectivity index (χ0) is 15.6. The summed E-state index contributed by atoms with van der Waals surface area (Å²) in [6.07, 6.45) is 0. The normalized spacial score (nSPS) is 15.8.